The van der Waals surface area contributed by atoms with Crippen molar-refractivity contribution in [2.45, 2.75) is 12.7 Å². The van der Waals surface area contributed by atoms with E-state index in [1.165, 1.54) is 0 Å². The Balaban J connectivity index is 2.08. The minimum Gasteiger partial charge on any atom is -0.497 e. The summed E-state index contributed by atoms with van der Waals surface area (Å²) < 4.78 is 10.6. The van der Waals surface area contributed by atoms with Crippen LogP contribution in [-0.4, -0.2) is 13.0 Å². The number of carbonyl (C=O) groups is 1. The fourth-order valence-corrected chi connectivity index (χ4v) is 1.86. The van der Waals surface area contributed by atoms with Crippen molar-refractivity contribution in [2.75, 3.05) is 7.11 Å². The summed E-state index contributed by atoms with van der Waals surface area (Å²) in [7, 11) is 1.58. The molecule has 1 N–H and O–H groups in total. The van der Waals surface area contributed by atoms with Crippen molar-refractivity contribution < 1.29 is 14.3 Å². The number of hydrogen-bond donors (Lipinski definition) is 0. The molecule has 1 radical (unpaired) electrons. The molecule has 20 heavy (non-hydrogen) atoms. The summed E-state index contributed by atoms with van der Waals surface area (Å²) in [5, 5.41) is 0. The fraction of sp³-hybridized carbons (Fsp3) is 0.188. The van der Waals surface area contributed by atoms with Crippen LogP contribution < -0.4 is 10.5 Å². The van der Waals surface area contributed by atoms with E-state index in [9.17, 15) is 4.79 Å². The maximum atomic E-state index is 11.4. The number of hydrogen-bond acceptors (Lipinski definition) is 3. The van der Waals surface area contributed by atoms with Crippen LogP contribution in [0.15, 0.2) is 54.6 Å². The maximum absolute atomic E-state index is 11.4. The first kappa shape index (κ1) is 14.1. The molecule has 103 valence electrons. The zero-order valence-corrected chi connectivity index (χ0v) is 11.2. The first-order valence-electron chi connectivity index (χ1n) is 6.25. The highest BCUT2D eigenvalue weighted by Crippen LogP contribution is 2.22. The minimum atomic E-state index is -0.874. The van der Waals surface area contributed by atoms with Crippen LogP contribution in [0.25, 0.3) is 0 Å². The third kappa shape index (κ3) is 3.59. The molecular weight excluding hydrogens is 254 g/mol. The molecule has 0 aliphatic rings. The summed E-state index contributed by atoms with van der Waals surface area (Å²) in [6.07, 6.45) is -0.874. The summed E-state index contributed by atoms with van der Waals surface area (Å²) in [6, 6.07) is 16.5. The van der Waals surface area contributed by atoms with Crippen LogP contribution in [0.3, 0.4) is 0 Å². The summed E-state index contributed by atoms with van der Waals surface area (Å²) in [6.45, 7) is 0.294. The number of rotatable bonds is 6. The molecule has 1 atom stereocenters. The van der Waals surface area contributed by atoms with Crippen LogP contribution in [0.4, 0.5) is 0 Å². The molecule has 1 amide bonds. The van der Waals surface area contributed by atoms with E-state index in [1.807, 2.05) is 30.3 Å². The molecule has 0 spiro atoms. The van der Waals surface area contributed by atoms with Gasteiger partial charge in [-0.2, -0.15) is 0 Å². The van der Waals surface area contributed by atoms with E-state index >= 15 is 0 Å². The van der Waals surface area contributed by atoms with Crippen molar-refractivity contribution >= 4 is 5.91 Å². The van der Waals surface area contributed by atoms with Crippen molar-refractivity contribution in [1.29, 1.82) is 0 Å². The van der Waals surface area contributed by atoms with Gasteiger partial charge in [-0.3, -0.25) is 10.5 Å². The van der Waals surface area contributed by atoms with Gasteiger partial charge in [-0.05, 0) is 23.3 Å². The molecule has 0 aromatic heterocycles. The lowest BCUT2D eigenvalue weighted by atomic mass is 10.1. The van der Waals surface area contributed by atoms with Crippen molar-refractivity contribution in [3.63, 3.8) is 0 Å². The van der Waals surface area contributed by atoms with Crippen molar-refractivity contribution in [3.05, 3.63) is 65.7 Å². The summed E-state index contributed by atoms with van der Waals surface area (Å²) in [5.41, 5.74) is 8.96. The summed E-state index contributed by atoms with van der Waals surface area (Å²) in [4.78, 5) is 11.4. The first-order valence-corrected chi connectivity index (χ1v) is 6.25. The highest BCUT2D eigenvalue weighted by Gasteiger charge is 2.19. The highest BCUT2D eigenvalue weighted by molar-refractivity contribution is 5.79. The quantitative estimate of drug-likeness (QED) is 0.811. The van der Waals surface area contributed by atoms with Gasteiger partial charge < -0.3 is 9.47 Å². The SMILES string of the molecule is COc1ccc(C(OCc2ccccc2)C([NH])=O)cc1. The molecule has 2 aromatic rings. The Labute approximate surface area is 118 Å². The van der Waals surface area contributed by atoms with Gasteiger partial charge in [0.25, 0.3) is 5.91 Å². The van der Waals surface area contributed by atoms with Crippen molar-refractivity contribution in [3.8, 4) is 5.75 Å². The molecule has 0 saturated heterocycles. The van der Waals surface area contributed by atoms with E-state index in [1.54, 1.807) is 31.4 Å². The largest absolute Gasteiger partial charge is 0.497 e. The van der Waals surface area contributed by atoms with Gasteiger partial charge in [0, 0.05) is 0 Å². The second-order valence-electron chi connectivity index (χ2n) is 4.31. The topological polar surface area (TPSA) is 59.3 Å². The van der Waals surface area contributed by atoms with Gasteiger partial charge in [0.2, 0.25) is 0 Å². The van der Waals surface area contributed by atoms with Crippen molar-refractivity contribution in [1.82, 2.24) is 5.73 Å². The normalized spacial score (nSPS) is 11.8. The molecule has 2 rings (SSSR count). The standard InChI is InChI=1S/C16H16NO3/c1-19-14-9-7-13(8-10-14)15(16(17)18)20-11-12-5-3-2-4-6-12/h2-10,15,17H,11H2,1H3. The van der Waals surface area contributed by atoms with Gasteiger partial charge in [-0.15, -0.1) is 0 Å². The Kier molecular flexibility index (Phi) is 4.74. The fourth-order valence-electron chi connectivity index (χ4n) is 1.86. The van der Waals surface area contributed by atoms with E-state index in [0.29, 0.717) is 17.9 Å². The lowest BCUT2D eigenvalue weighted by Crippen LogP contribution is -2.16. The van der Waals surface area contributed by atoms with Gasteiger partial charge >= 0.3 is 0 Å². The Morgan fingerprint density at radius 2 is 1.75 bits per heavy atom. The second kappa shape index (κ2) is 6.73. The average Bonchev–Trinajstić information content (AvgIpc) is 2.49. The smallest absolute Gasteiger partial charge is 0.272 e. The molecular formula is C16H16NO3. The minimum absolute atomic E-state index is 0.294. The van der Waals surface area contributed by atoms with E-state index in [2.05, 4.69) is 0 Å². The van der Waals surface area contributed by atoms with E-state index in [-0.39, 0.29) is 0 Å². The average molecular weight is 270 g/mol. The van der Waals surface area contributed by atoms with Crippen LogP contribution in [0.2, 0.25) is 0 Å². The Morgan fingerprint density at radius 1 is 1.10 bits per heavy atom. The molecule has 0 aliphatic carbocycles. The lowest BCUT2D eigenvalue weighted by molar-refractivity contribution is -0.131. The van der Waals surface area contributed by atoms with E-state index in [4.69, 9.17) is 15.2 Å². The van der Waals surface area contributed by atoms with Gasteiger partial charge in [0.15, 0.2) is 6.10 Å². The Hall–Kier alpha value is -2.33. The maximum Gasteiger partial charge on any atom is 0.272 e. The molecule has 0 heterocycles. The molecule has 0 bridgehead atoms. The first-order chi connectivity index (χ1) is 9.70. The van der Waals surface area contributed by atoms with Gasteiger partial charge in [0.1, 0.15) is 5.75 Å². The predicted octanol–water partition coefficient (Wildman–Crippen LogP) is 2.76. The van der Waals surface area contributed by atoms with Crippen LogP contribution >= 0.6 is 0 Å². The molecule has 0 fully saturated rings. The summed E-state index contributed by atoms with van der Waals surface area (Å²) in [5.74, 6) is -0.0564. The molecule has 4 nitrogen and oxygen atoms in total. The van der Waals surface area contributed by atoms with E-state index < -0.39 is 12.0 Å². The second-order valence-corrected chi connectivity index (χ2v) is 4.31. The highest BCUT2D eigenvalue weighted by atomic mass is 16.5. The predicted molar refractivity (Wildman–Crippen MR) is 75.1 cm³/mol. The zero-order valence-electron chi connectivity index (χ0n) is 11.2. The van der Waals surface area contributed by atoms with Crippen molar-refractivity contribution in [2.24, 2.45) is 0 Å². The molecule has 0 saturated carbocycles. The molecule has 1 unspecified atom stereocenters. The third-order valence-corrected chi connectivity index (χ3v) is 2.92. The van der Waals surface area contributed by atoms with Crippen LogP contribution in [0.5, 0.6) is 5.75 Å². The monoisotopic (exact) mass is 270 g/mol. The molecule has 4 heteroatoms. The van der Waals surface area contributed by atoms with Gasteiger partial charge in [-0.25, -0.2) is 0 Å². The molecule has 0 aliphatic heterocycles. The Bertz CT molecular complexity index is 552. The number of methoxy groups -OCH3 is 1. The van der Waals surface area contributed by atoms with Crippen LogP contribution in [0, 0.1) is 0 Å². The number of nitrogens with one attached hydrogen (secondary N) is 1. The van der Waals surface area contributed by atoms with Crippen LogP contribution in [-0.2, 0) is 16.1 Å². The van der Waals surface area contributed by atoms with Crippen LogP contribution in [0.1, 0.15) is 17.2 Å². The zero-order chi connectivity index (χ0) is 14.4. The summed E-state index contributed by atoms with van der Waals surface area (Å²) >= 11 is 0. The number of carbonyl (C=O) groups excluding carboxylic acids is 1. The van der Waals surface area contributed by atoms with Gasteiger partial charge in [-0.1, -0.05) is 42.5 Å². The Morgan fingerprint density at radius 3 is 2.30 bits per heavy atom. The number of amides is 1. The van der Waals surface area contributed by atoms with Gasteiger partial charge in [0.05, 0.1) is 13.7 Å². The lowest BCUT2D eigenvalue weighted by Gasteiger charge is -2.15. The number of benzene rings is 2. The van der Waals surface area contributed by atoms with E-state index in [0.717, 1.165) is 5.56 Å². The molecule has 2 aromatic carbocycles. The third-order valence-electron chi connectivity index (χ3n) is 2.92. The number of ether oxygens (including phenoxy) is 2.